The fourth-order valence-electron chi connectivity index (χ4n) is 2.27. The molecule has 0 spiro atoms. The molecule has 1 aliphatic rings. The zero-order valence-corrected chi connectivity index (χ0v) is 10.6. The first-order chi connectivity index (χ1) is 7.72. The third-order valence-electron chi connectivity index (χ3n) is 3.13. The molecule has 0 saturated carbocycles. The van der Waals surface area contributed by atoms with Crippen molar-refractivity contribution >= 4 is 23.2 Å². The lowest BCUT2D eigenvalue weighted by Crippen LogP contribution is -2.31. The summed E-state index contributed by atoms with van der Waals surface area (Å²) in [5.74, 6) is 0. The molecule has 1 aromatic rings. The van der Waals surface area contributed by atoms with Gasteiger partial charge in [0, 0.05) is 12.6 Å². The summed E-state index contributed by atoms with van der Waals surface area (Å²) in [6.45, 7) is 2.88. The first kappa shape index (κ1) is 12.2. The number of rotatable bonds is 3. The molecule has 2 nitrogen and oxygen atoms in total. The van der Waals surface area contributed by atoms with Crippen molar-refractivity contribution in [1.29, 1.82) is 0 Å². The molecular weight excluding hydrogens is 243 g/mol. The highest BCUT2D eigenvalue weighted by Crippen LogP contribution is 2.29. The Labute approximate surface area is 106 Å². The molecule has 88 valence electrons. The summed E-state index contributed by atoms with van der Waals surface area (Å²) < 4.78 is 0. The van der Waals surface area contributed by atoms with E-state index in [-0.39, 0.29) is 6.04 Å². The lowest BCUT2D eigenvalue weighted by Gasteiger charge is -2.26. The van der Waals surface area contributed by atoms with Crippen molar-refractivity contribution in [2.45, 2.75) is 18.9 Å². The van der Waals surface area contributed by atoms with Crippen molar-refractivity contribution in [2.75, 3.05) is 19.6 Å². The largest absolute Gasteiger partial charge is 0.329 e. The van der Waals surface area contributed by atoms with Crippen LogP contribution in [0.15, 0.2) is 18.2 Å². The molecule has 1 saturated heterocycles. The van der Waals surface area contributed by atoms with Gasteiger partial charge in [-0.2, -0.15) is 0 Å². The highest BCUT2D eigenvalue weighted by Gasteiger charge is 2.22. The molecule has 0 amide bonds. The average molecular weight is 259 g/mol. The lowest BCUT2D eigenvalue weighted by molar-refractivity contribution is 0.251. The van der Waals surface area contributed by atoms with Crippen LogP contribution in [0, 0.1) is 0 Å². The van der Waals surface area contributed by atoms with Gasteiger partial charge in [-0.25, -0.2) is 0 Å². The molecule has 2 rings (SSSR count). The van der Waals surface area contributed by atoms with E-state index < -0.39 is 0 Å². The number of hydrogen-bond donors (Lipinski definition) is 1. The van der Waals surface area contributed by atoms with Crippen LogP contribution in [0.1, 0.15) is 24.4 Å². The third-order valence-corrected chi connectivity index (χ3v) is 3.87. The minimum absolute atomic E-state index is 0.275. The summed E-state index contributed by atoms with van der Waals surface area (Å²) in [6.07, 6.45) is 2.52. The van der Waals surface area contributed by atoms with Crippen LogP contribution in [0.5, 0.6) is 0 Å². The van der Waals surface area contributed by atoms with Crippen LogP contribution in [-0.4, -0.2) is 24.5 Å². The van der Waals surface area contributed by atoms with E-state index in [1.165, 1.54) is 18.4 Å². The second-order valence-electron chi connectivity index (χ2n) is 4.17. The van der Waals surface area contributed by atoms with Crippen molar-refractivity contribution in [1.82, 2.24) is 4.90 Å². The van der Waals surface area contributed by atoms with Gasteiger partial charge in [0.2, 0.25) is 0 Å². The topological polar surface area (TPSA) is 29.3 Å². The fourth-order valence-corrected chi connectivity index (χ4v) is 2.58. The van der Waals surface area contributed by atoms with Crippen LogP contribution >= 0.6 is 23.2 Å². The Hall–Kier alpha value is -0.280. The molecule has 0 bridgehead atoms. The molecule has 16 heavy (non-hydrogen) atoms. The smallest absolute Gasteiger partial charge is 0.0595 e. The minimum atomic E-state index is 0.275. The molecule has 0 aliphatic carbocycles. The second kappa shape index (κ2) is 5.37. The number of likely N-dealkylation sites (tertiary alicyclic amines) is 1. The lowest BCUT2D eigenvalue weighted by atomic mass is 10.1. The van der Waals surface area contributed by atoms with Crippen LogP contribution in [0.2, 0.25) is 10.0 Å². The van der Waals surface area contributed by atoms with E-state index in [1.54, 1.807) is 0 Å². The van der Waals surface area contributed by atoms with E-state index in [1.807, 2.05) is 18.2 Å². The maximum Gasteiger partial charge on any atom is 0.0595 e. The van der Waals surface area contributed by atoms with Gasteiger partial charge >= 0.3 is 0 Å². The normalized spacial score (nSPS) is 18.9. The second-order valence-corrected chi connectivity index (χ2v) is 4.98. The summed E-state index contributed by atoms with van der Waals surface area (Å²) in [7, 11) is 0. The summed E-state index contributed by atoms with van der Waals surface area (Å²) >= 11 is 11.9. The van der Waals surface area contributed by atoms with Crippen molar-refractivity contribution in [3.63, 3.8) is 0 Å². The number of hydrogen-bond acceptors (Lipinski definition) is 2. The van der Waals surface area contributed by atoms with Gasteiger partial charge in [-0.05, 0) is 43.6 Å². The van der Waals surface area contributed by atoms with Crippen LogP contribution in [0.4, 0.5) is 0 Å². The summed E-state index contributed by atoms with van der Waals surface area (Å²) in [5.41, 5.74) is 7.02. The minimum Gasteiger partial charge on any atom is -0.329 e. The maximum atomic E-state index is 6.03. The number of halogens is 2. The molecule has 1 heterocycles. The Morgan fingerprint density at radius 3 is 2.44 bits per heavy atom. The summed E-state index contributed by atoms with van der Waals surface area (Å²) in [5, 5.41) is 1.21. The maximum absolute atomic E-state index is 6.03. The number of nitrogens with two attached hydrogens (primary N) is 1. The van der Waals surface area contributed by atoms with Gasteiger partial charge in [-0.3, -0.25) is 4.90 Å². The van der Waals surface area contributed by atoms with Crippen molar-refractivity contribution in [3.8, 4) is 0 Å². The zero-order valence-electron chi connectivity index (χ0n) is 9.13. The van der Waals surface area contributed by atoms with Crippen LogP contribution < -0.4 is 5.73 Å². The summed E-state index contributed by atoms with van der Waals surface area (Å²) in [6, 6.07) is 6.07. The molecule has 4 heteroatoms. The zero-order chi connectivity index (χ0) is 11.5. The van der Waals surface area contributed by atoms with Crippen LogP contribution in [0.3, 0.4) is 0 Å². The quantitative estimate of drug-likeness (QED) is 0.903. The number of benzene rings is 1. The highest BCUT2D eigenvalue weighted by atomic mass is 35.5. The van der Waals surface area contributed by atoms with Crippen LogP contribution in [-0.2, 0) is 0 Å². The molecule has 0 radical (unpaired) electrons. The molecule has 1 aromatic carbocycles. The molecule has 0 aromatic heterocycles. The Balaban J connectivity index is 2.22. The van der Waals surface area contributed by atoms with E-state index >= 15 is 0 Å². The van der Waals surface area contributed by atoms with Gasteiger partial charge < -0.3 is 5.73 Å². The predicted octanol–water partition coefficient (Wildman–Crippen LogP) is 3.09. The Morgan fingerprint density at radius 2 is 1.88 bits per heavy atom. The highest BCUT2D eigenvalue weighted by molar-refractivity contribution is 6.42. The van der Waals surface area contributed by atoms with Gasteiger partial charge in [0.1, 0.15) is 0 Å². The Morgan fingerprint density at radius 1 is 1.19 bits per heavy atom. The first-order valence-electron chi connectivity index (χ1n) is 5.61. The molecule has 0 unspecified atom stereocenters. The van der Waals surface area contributed by atoms with Gasteiger partial charge in [0.05, 0.1) is 10.0 Å². The molecule has 1 fully saturated rings. The Kier molecular flexibility index (Phi) is 4.09. The fraction of sp³-hybridized carbons (Fsp3) is 0.500. The molecule has 2 N–H and O–H groups in total. The molecule has 1 aliphatic heterocycles. The van der Waals surface area contributed by atoms with Crippen molar-refractivity contribution < 1.29 is 0 Å². The van der Waals surface area contributed by atoms with E-state index in [2.05, 4.69) is 4.90 Å². The monoisotopic (exact) mass is 258 g/mol. The SMILES string of the molecule is NC[C@@H](c1ccc(Cl)c(Cl)c1)N1CCCC1. The summed E-state index contributed by atoms with van der Waals surface area (Å²) in [4.78, 5) is 2.42. The molecule has 1 atom stereocenters. The first-order valence-corrected chi connectivity index (χ1v) is 6.37. The third kappa shape index (κ3) is 2.51. The van der Waals surface area contributed by atoms with E-state index in [0.29, 0.717) is 16.6 Å². The van der Waals surface area contributed by atoms with Gasteiger partial charge in [-0.1, -0.05) is 29.3 Å². The van der Waals surface area contributed by atoms with E-state index in [0.717, 1.165) is 13.1 Å². The van der Waals surface area contributed by atoms with Gasteiger partial charge in [0.25, 0.3) is 0 Å². The predicted molar refractivity (Wildman–Crippen MR) is 69.1 cm³/mol. The Bertz CT molecular complexity index is 362. The number of nitrogens with zero attached hydrogens (tertiary/aromatic N) is 1. The molecular formula is C12H16Cl2N2. The standard InChI is InChI=1S/C12H16Cl2N2/c13-10-4-3-9(7-11(10)14)12(8-15)16-5-1-2-6-16/h3-4,7,12H,1-2,5-6,8,15H2/t12-/m0/s1. The van der Waals surface area contributed by atoms with Crippen molar-refractivity contribution in [2.24, 2.45) is 5.73 Å². The van der Waals surface area contributed by atoms with E-state index in [9.17, 15) is 0 Å². The van der Waals surface area contributed by atoms with Gasteiger partial charge in [-0.15, -0.1) is 0 Å². The van der Waals surface area contributed by atoms with Crippen molar-refractivity contribution in [3.05, 3.63) is 33.8 Å². The average Bonchev–Trinajstić information content (AvgIpc) is 2.78. The van der Waals surface area contributed by atoms with Gasteiger partial charge in [0.15, 0.2) is 0 Å². The van der Waals surface area contributed by atoms with E-state index in [4.69, 9.17) is 28.9 Å². The van der Waals surface area contributed by atoms with Crippen LogP contribution in [0.25, 0.3) is 0 Å².